The summed E-state index contributed by atoms with van der Waals surface area (Å²) < 4.78 is 33.1. The van der Waals surface area contributed by atoms with E-state index in [1.807, 2.05) is 0 Å². The van der Waals surface area contributed by atoms with E-state index < -0.39 is 14.9 Å². The second-order valence-corrected chi connectivity index (χ2v) is 7.69. The quantitative estimate of drug-likeness (QED) is 0.446. The molecule has 3 rings (SSSR count). The third kappa shape index (κ3) is 4.09. The Balaban J connectivity index is 2.11. The Morgan fingerprint density at radius 1 is 1.11 bits per heavy atom. The van der Waals surface area contributed by atoms with Crippen molar-refractivity contribution in [3.05, 3.63) is 88.7 Å². The van der Waals surface area contributed by atoms with Crippen molar-refractivity contribution in [3.8, 4) is 5.75 Å². The largest absolute Gasteiger partial charge is 0.497 e. The molecule has 0 aliphatic rings. The Bertz CT molecular complexity index is 1090. The van der Waals surface area contributed by atoms with Crippen LogP contribution in [0.3, 0.4) is 0 Å². The van der Waals surface area contributed by atoms with E-state index in [1.165, 1.54) is 29.6 Å². The first-order valence-electron chi connectivity index (χ1n) is 8.22. The molecule has 9 heteroatoms. The minimum Gasteiger partial charge on any atom is -0.497 e. The van der Waals surface area contributed by atoms with Gasteiger partial charge in [0.05, 0.1) is 29.2 Å². The third-order valence-corrected chi connectivity index (χ3v) is 5.78. The average molecular weight is 399 g/mol. The zero-order valence-electron chi connectivity index (χ0n) is 14.9. The summed E-state index contributed by atoms with van der Waals surface area (Å²) in [6, 6.07) is 15.0. The lowest BCUT2D eigenvalue weighted by Crippen LogP contribution is -2.30. The maximum absolute atomic E-state index is 13.4. The van der Waals surface area contributed by atoms with Gasteiger partial charge in [0.15, 0.2) is 0 Å². The molecule has 0 saturated heterocycles. The van der Waals surface area contributed by atoms with Gasteiger partial charge in [0, 0.05) is 30.6 Å². The molecule has 2 aromatic carbocycles. The number of ether oxygens (including phenoxy) is 1. The van der Waals surface area contributed by atoms with Crippen molar-refractivity contribution in [3.63, 3.8) is 0 Å². The molecule has 0 saturated carbocycles. The normalized spacial score (nSPS) is 11.0. The molecule has 0 bridgehead atoms. The van der Waals surface area contributed by atoms with Crippen molar-refractivity contribution in [2.24, 2.45) is 0 Å². The van der Waals surface area contributed by atoms with Gasteiger partial charge in [0.2, 0.25) is 0 Å². The highest BCUT2D eigenvalue weighted by molar-refractivity contribution is 7.92. The first-order valence-corrected chi connectivity index (χ1v) is 9.66. The Morgan fingerprint density at radius 2 is 1.89 bits per heavy atom. The SMILES string of the molecule is COc1cccc(N(Cc2cccnc2)S(=O)(=O)c2cccc([N+](=O)[O-])c2)c1. The number of hydrogen-bond donors (Lipinski definition) is 0. The molecule has 0 radical (unpaired) electrons. The summed E-state index contributed by atoms with van der Waals surface area (Å²) in [5.41, 5.74) is 0.738. The van der Waals surface area contributed by atoms with E-state index in [0.717, 1.165) is 6.07 Å². The molecule has 0 atom stereocenters. The Kier molecular flexibility index (Phi) is 5.55. The molecule has 0 aliphatic heterocycles. The summed E-state index contributed by atoms with van der Waals surface area (Å²) >= 11 is 0. The lowest BCUT2D eigenvalue weighted by Gasteiger charge is -2.25. The summed E-state index contributed by atoms with van der Waals surface area (Å²) in [5.74, 6) is 0.489. The molecule has 0 amide bonds. The molecule has 0 N–H and O–H groups in total. The fourth-order valence-corrected chi connectivity index (χ4v) is 4.11. The summed E-state index contributed by atoms with van der Waals surface area (Å²) in [6.07, 6.45) is 3.16. The van der Waals surface area contributed by atoms with Gasteiger partial charge in [-0.15, -0.1) is 0 Å². The van der Waals surface area contributed by atoms with Crippen molar-refractivity contribution < 1.29 is 18.1 Å². The second kappa shape index (κ2) is 8.05. The van der Waals surface area contributed by atoms with Crippen molar-refractivity contribution >= 4 is 21.4 Å². The van der Waals surface area contributed by atoms with Gasteiger partial charge in [0.25, 0.3) is 15.7 Å². The van der Waals surface area contributed by atoms with Crippen LogP contribution in [-0.2, 0) is 16.6 Å². The second-order valence-electron chi connectivity index (χ2n) is 5.83. The minimum atomic E-state index is -4.09. The van der Waals surface area contributed by atoms with Crippen molar-refractivity contribution in [1.29, 1.82) is 0 Å². The number of rotatable bonds is 7. The number of hydrogen-bond acceptors (Lipinski definition) is 6. The molecule has 1 heterocycles. The maximum Gasteiger partial charge on any atom is 0.270 e. The summed E-state index contributed by atoms with van der Waals surface area (Å²) in [6.45, 7) is 0.00598. The average Bonchev–Trinajstić information content (AvgIpc) is 2.72. The Morgan fingerprint density at radius 3 is 2.57 bits per heavy atom. The van der Waals surface area contributed by atoms with Gasteiger partial charge in [-0.05, 0) is 29.8 Å². The lowest BCUT2D eigenvalue weighted by atomic mass is 10.2. The number of aromatic nitrogens is 1. The van der Waals surface area contributed by atoms with Crippen molar-refractivity contribution in [1.82, 2.24) is 4.98 Å². The fraction of sp³-hybridized carbons (Fsp3) is 0.105. The number of non-ortho nitro benzene ring substituents is 1. The predicted molar refractivity (Wildman–Crippen MR) is 104 cm³/mol. The van der Waals surface area contributed by atoms with E-state index in [4.69, 9.17) is 4.74 Å². The highest BCUT2D eigenvalue weighted by Crippen LogP contribution is 2.29. The van der Waals surface area contributed by atoms with Crippen LogP contribution in [0.5, 0.6) is 5.75 Å². The van der Waals surface area contributed by atoms with E-state index in [-0.39, 0.29) is 17.1 Å². The van der Waals surface area contributed by atoms with E-state index in [2.05, 4.69) is 4.98 Å². The summed E-state index contributed by atoms with van der Waals surface area (Å²) in [4.78, 5) is 14.3. The van der Waals surface area contributed by atoms with Crippen LogP contribution in [0, 0.1) is 10.1 Å². The van der Waals surface area contributed by atoms with Crippen LogP contribution in [0.25, 0.3) is 0 Å². The number of nitrogens with zero attached hydrogens (tertiary/aromatic N) is 3. The van der Waals surface area contributed by atoms with Crippen LogP contribution in [0.15, 0.2) is 78.0 Å². The van der Waals surface area contributed by atoms with Crippen molar-refractivity contribution in [2.75, 3.05) is 11.4 Å². The summed E-state index contributed by atoms with van der Waals surface area (Å²) in [5, 5.41) is 11.1. The van der Waals surface area contributed by atoms with Gasteiger partial charge < -0.3 is 4.74 Å². The van der Waals surface area contributed by atoms with Crippen LogP contribution in [0.1, 0.15) is 5.56 Å². The lowest BCUT2D eigenvalue weighted by molar-refractivity contribution is -0.385. The number of nitro benzene ring substituents is 1. The Hall–Kier alpha value is -3.46. The molecule has 8 nitrogen and oxygen atoms in total. The predicted octanol–water partition coefficient (Wildman–Crippen LogP) is 3.39. The van der Waals surface area contributed by atoms with Gasteiger partial charge in [0.1, 0.15) is 5.75 Å². The molecular weight excluding hydrogens is 382 g/mol. The molecule has 144 valence electrons. The number of pyridine rings is 1. The highest BCUT2D eigenvalue weighted by Gasteiger charge is 2.27. The maximum atomic E-state index is 13.4. The van der Waals surface area contributed by atoms with Crippen LogP contribution in [0.2, 0.25) is 0 Å². The number of nitro groups is 1. The molecule has 3 aromatic rings. The van der Waals surface area contributed by atoms with E-state index in [0.29, 0.717) is 17.0 Å². The first-order chi connectivity index (χ1) is 13.4. The summed E-state index contributed by atoms with van der Waals surface area (Å²) in [7, 11) is -2.60. The van der Waals surface area contributed by atoms with Gasteiger partial charge in [-0.25, -0.2) is 8.42 Å². The molecule has 0 aliphatic carbocycles. The van der Waals surface area contributed by atoms with Gasteiger partial charge in [-0.3, -0.25) is 19.4 Å². The Labute approximate surface area is 162 Å². The van der Waals surface area contributed by atoms with E-state index in [1.54, 1.807) is 48.8 Å². The van der Waals surface area contributed by atoms with Crippen LogP contribution in [0.4, 0.5) is 11.4 Å². The molecule has 1 aromatic heterocycles. The smallest absolute Gasteiger partial charge is 0.270 e. The number of benzene rings is 2. The monoisotopic (exact) mass is 399 g/mol. The number of sulfonamides is 1. The zero-order chi connectivity index (χ0) is 20.1. The van der Waals surface area contributed by atoms with Crippen LogP contribution < -0.4 is 9.04 Å². The molecule has 0 spiro atoms. The van der Waals surface area contributed by atoms with Crippen LogP contribution >= 0.6 is 0 Å². The van der Waals surface area contributed by atoms with Gasteiger partial charge >= 0.3 is 0 Å². The number of methoxy groups -OCH3 is 1. The van der Waals surface area contributed by atoms with Crippen molar-refractivity contribution in [2.45, 2.75) is 11.4 Å². The topological polar surface area (TPSA) is 103 Å². The molecule has 0 unspecified atom stereocenters. The van der Waals surface area contributed by atoms with Gasteiger partial charge in [-0.1, -0.05) is 18.2 Å². The third-order valence-electron chi connectivity index (χ3n) is 4.01. The van der Waals surface area contributed by atoms with E-state index >= 15 is 0 Å². The first kappa shape index (κ1) is 19.3. The van der Waals surface area contributed by atoms with Crippen LogP contribution in [-0.4, -0.2) is 25.4 Å². The molecule has 28 heavy (non-hydrogen) atoms. The highest BCUT2D eigenvalue weighted by atomic mass is 32.2. The molecule has 0 fully saturated rings. The molecular formula is C19H17N3O5S. The standard InChI is InChI=1S/C19H17N3O5S/c1-27-18-8-2-6-16(11-18)21(14-15-5-4-10-20-13-15)28(25,26)19-9-3-7-17(12-19)22(23)24/h2-13H,14H2,1H3. The zero-order valence-corrected chi connectivity index (χ0v) is 15.7. The fourth-order valence-electron chi connectivity index (χ4n) is 2.62. The van der Waals surface area contributed by atoms with Gasteiger partial charge in [-0.2, -0.15) is 0 Å². The van der Waals surface area contributed by atoms with E-state index in [9.17, 15) is 18.5 Å². The number of anilines is 1. The minimum absolute atomic E-state index is 0.00598.